The zero-order valence-electron chi connectivity index (χ0n) is 14.4. The number of carbonyl (C=O) groups is 1. The van der Waals surface area contributed by atoms with Gasteiger partial charge in [-0.1, -0.05) is 48.0 Å². The highest BCUT2D eigenvalue weighted by Gasteiger charge is 2.17. The second-order valence-electron chi connectivity index (χ2n) is 6.07. The van der Waals surface area contributed by atoms with E-state index in [4.69, 9.17) is 10.2 Å². The first-order valence-corrected chi connectivity index (χ1v) is 8.19. The molecule has 0 saturated carbocycles. The summed E-state index contributed by atoms with van der Waals surface area (Å²) < 4.78 is 0. The number of carbonyl (C=O) groups excluding carboxylic acids is 1. The van der Waals surface area contributed by atoms with Crippen LogP contribution in [-0.2, 0) is 0 Å². The predicted molar refractivity (Wildman–Crippen MR) is 99.1 cm³/mol. The topological polar surface area (TPSA) is 57.0 Å². The maximum atomic E-state index is 12.9. The molecular weight excluding hydrogens is 310 g/mol. The fraction of sp³-hybridized carbons (Fsp3) is 0.190. The van der Waals surface area contributed by atoms with Crippen molar-refractivity contribution in [2.75, 3.05) is 13.6 Å². The van der Waals surface area contributed by atoms with Crippen molar-refractivity contribution in [3.8, 4) is 17.3 Å². The molecule has 3 aromatic rings. The lowest BCUT2D eigenvalue weighted by Crippen LogP contribution is -2.27. The number of hydrogen-bond acceptors (Lipinski definition) is 3. The fourth-order valence-corrected chi connectivity index (χ4v) is 2.75. The zero-order valence-corrected chi connectivity index (χ0v) is 14.4. The molecule has 124 valence electrons. The molecule has 4 nitrogen and oxygen atoms in total. The van der Waals surface area contributed by atoms with Gasteiger partial charge in [0.2, 0.25) is 0 Å². The van der Waals surface area contributed by atoms with Gasteiger partial charge < -0.3 is 4.90 Å². The molecule has 1 heterocycles. The van der Waals surface area contributed by atoms with Crippen LogP contribution in [0.25, 0.3) is 22.2 Å². The average molecular weight is 329 g/mol. The third kappa shape index (κ3) is 3.51. The molecule has 0 unspecified atom stereocenters. The highest BCUT2D eigenvalue weighted by atomic mass is 16.2. The molecule has 4 heteroatoms. The number of aromatic nitrogens is 1. The van der Waals surface area contributed by atoms with E-state index in [1.165, 1.54) is 5.56 Å². The maximum Gasteiger partial charge on any atom is 0.254 e. The minimum Gasteiger partial charge on any atom is -0.341 e. The molecule has 0 fully saturated rings. The van der Waals surface area contributed by atoms with E-state index in [0.29, 0.717) is 18.5 Å². The third-order valence-corrected chi connectivity index (χ3v) is 4.20. The molecule has 0 aliphatic rings. The van der Waals surface area contributed by atoms with Crippen LogP contribution in [0.2, 0.25) is 0 Å². The highest BCUT2D eigenvalue weighted by molar-refractivity contribution is 6.07. The maximum absolute atomic E-state index is 12.9. The van der Waals surface area contributed by atoms with Crippen LogP contribution in [0.3, 0.4) is 0 Å². The Balaban J connectivity index is 2.11. The molecule has 0 saturated heterocycles. The van der Waals surface area contributed by atoms with Gasteiger partial charge in [-0.05, 0) is 19.1 Å². The lowest BCUT2D eigenvalue weighted by Gasteiger charge is -2.17. The van der Waals surface area contributed by atoms with Gasteiger partial charge in [0.25, 0.3) is 5.91 Å². The van der Waals surface area contributed by atoms with Gasteiger partial charge in [0, 0.05) is 24.5 Å². The lowest BCUT2D eigenvalue weighted by molar-refractivity contribution is 0.0800. The summed E-state index contributed by atoms with van der Waals surface area (Å²) in [5.41, 5.74) is 4.33. The van der Waals surface area contributed by atoms with Crippen molar-refractivity contribution in [3.63, 3.8) is 0 Å². The van der Waals surface area contributed by atoms with Gasteiger partial charge in [0.05, 0.1) is 29.3 Å². The van der Waals surface area contributed by atoms with Gasteiger partial charge in [-0.15, -0.1) is 0 Å². The smallest absolute Gasteiger partial charge is 0.254 e. The van der Waals surface area contributed by atoms with E-state index in [2.05, 4.69) is 6.07 Å². The van der Waals surface area contributed by atoms with Crippen LogP contribution < -0.4 is 0 Å². The number of nitrogens with zero attached hydrogens (tertiary/aromatic N) is 3. The fourth-order valence-electron chi connectivity index (χ4n) is 2.75. The number of nitriles is 1. The summed E-state index contributed by atoms with van der Waals surface area (Å²) in [6.45, 7) is 2.45. The third-order valence-electron chi connectivity index (χ3n) is 4.20. The number of pyridine rings is 1. The predicted octanol–water partition coefficient (Wildman–Crippen LogP) is 4.20. The van der Waals surface area contributed by atoms with E-state index in [0.717, 1.165) is 22.2 Å². The summed E-state index contributed by atoms with van der Waals surface area (Å²) in [4.78, 5) is 19.2. The van der Waals surface area contributed by atoms with Gasteiger partial charge >= 0.3 is 0 Å². The second-order valence-corrected chi connectivity index (χ2v) is 6.07. The van der Waals surface area contributed by atoms with E-state index >= 15 is 0 Å². The van der Waals surface area contributed by atoms with Crippen molar-refractivity contribution in [1.29, 1.82) is 5.26 Å². The van der Waals surface area contributed by atoms with Crippen molar-refractivity contribution in [2.45, 2.75) is 13.3 Å². The van der Waals surface area contributed by atoms with E-state index < -0.39 is 0 Å². The Morgan fingerprint density at radius 1 is 1.16 bits per heavy atom. The number of benzene rings is 2. The van der Waals surface area contributed by atoms with Gasteiger partial charge in [-0.25, -0.2) is 4.98 Å². The standard InChI is InChI=1S/C21H19N3O/c1-15-8-10-16(11-9-15)20-14-18(21(25)24(2)13-5-12-22)17-6-3-4-7-19(17)23-20/h3-4,6-11,14H,5,13H2,1-2H3. The first-order valence-electron chi connectivity index (χ1n) is 8.19. The minimum atomic E-state index is -0.0952. The van der Waals surface area contributed by atoms with Gasteiger partial charge in [0.15, 0.2) is 0 Å². The Morgan fingerprint density at radius 2 is 1.88 bits per heavy atom. The van der Waals surface area contributed by atoms with Crippen molar-refractivity contribution >= 4 is 16.8 Å². The molecule has 2 aromatic carbocycles. The molecule has 0 bridgehead atoms. The van der Waals surface area contributed by atoms with Crippen molar-refractivity contribution in [1.82, 2.24) is 9.88 Å². The Labute approximate surface area is 147 Å². The van der Waals surface area contributed by atoms with E-state index in [-0.39, 0.29) is 5.91 Å². The molecule has 25 heavy (non-hydrogen) atoms. The summed E-state index contributed by atoms with van der Waals surface area (Å²) >= 11 is 0. The van der Waals surface area contributed by atoms with E-state index in [1.807, 2.05) is 61.5 Å². The second kappa shape index (κ2) is 7.14. The Bertz CT molecular complexity index is 955. The van der Waals surface area contributed by atoms with Crippen LogP contribution in [0.4, 0.5) is 0 Å². The van der Waals surface area contributed by atoms with Gasteiger partial charge in [-0.3, -0.25) is 4.79 Å². The quantitative estimate of drug-likeness (QED) is 0.721. The van der Waals surface area contributed by atoms with Crippen molar-refractivity contribution in [2.24, 2.45) is 0 Å². The molecular formula is C21H19N3O. The molecule has 0 spiro atoms. The number of rotatable bonds is 4. The summed E-state index contributed by atoms with van der Waals surface area (Å²) in [5.74, 6) is -0.0952. The summed E-state index contributed by atoms with van der Waals surface area (Å²) in [6, 6.07) is 19.7. The van der Waals surface area contributed by atoms with E-state index in [9.17, 15) is 4.79 Å². The van der Waals surface area contributed by atoms with Crippen LogP contribution in [0, 0.1) is 18.3 Å². The van der Waals surface area contributed by atoms with Crippen molar-refractivity contribution < 1.29 is 4.79 Å². The van der Waals surface area contributed by atoms with Crippen LogP contribution in [0.1, 0.15) is 22.3 Å². The average Bonchev–Trinajstić information content (AvgIpc) is 2.65. The normalized spacial score (nSPS) is 10.4. The number of hydrogen-bond donors (Lipinski definition) is 0. The number of para-hydroxylation sites is 1. The SMILES string of the molecule is Cc1ccc(-c2cc(C(=O)N(C)CCC#N)c3ccccc3n2)cc1. The molecule has 1 aromatic heterocycles. The molecule has 0 aliphatic heterocycles. The first-order chi connectivity index (χ1) is 12.1. The summed E-state index contributed by atoms with van der Waals surface area (Å²) in [7, 11) is 1.72. The Morgan fingerprint density at radius 3 is 2.60 bits per heavy atom. The molecule has 0 radical (unpaired) electrons. The summed E-state index contributed by atoms with van der Waals surface area (Å²) in [5, 5.41) is 9.58. The number of fused-ring (bicyclic) bond motifs is 1. The van der Waals surface area contributed by atoms with Crippen molar-refractivity contribution in [3.05, 3.63) is 65.7 Å². The number of aryl methyl sites for hydroxylation is 1. The van der Waals surface area contributed by atoms with Crippen LogP contribution in [-0.4, -0.2) is 29.4 Å². The van der Waals surface area contributed by atoms with Gasteiger partial charge in [0.1, 0.15) is 0 Å². The zero-order chi connectivity index (χ0) is 17.8. The lowest BCUT2D eigenvalue weighted by atomic mass is 10.0. The molecule has 1 amide bonds. The molecule has 0 atom stereocenters. The Kier molecular flexibility index (Phi) is 4.76. The minimum absolute atomic E-state index is 0.0952. The van der Waals surface area contributed by atoms with Crippen LogP contribution in [0.5, 0.6) is 0 Å². The monoisotopic (exact) mass is 329 g/mol. The highest BCUT2D eigenvalue weighted by Crippen LogP contribution is 2.26. The molecule has 3 rings (SSSR count). The largest absolute Gasteiger partial charge is 0.341 e. The Hall–Kier alpha value is -3.19. The summed E-state index contributed by atoms with van der Waals surface area (Å²) in [6.07, 6.45) is 0.316. The van der Waals surface area contributed by atoms with E-state index in [1.54, 1.807) is 11.9 Å². The number of amides is 1. The molecule has 0 aliphatic carbocycles. The van der Waals surface area contributed by atoms with Crippen LogP contribution in [0.15, 0.2) is 54.6 Å². The molecule has 0 N–H and O–H groups in total. The first kappa shape index (κ1) is 16.7. The van der Waals surface area contributed by atoms with Gasteiger partial charge in [-0.2, -0.15) is 5.26 Å². The van der Waals surface area contributed by atoms with Crippen LogP contribution >= 0.6 is 0 Å².